The normalized spacial score (nSPS) is 11.5. The fourth-order valence-corrected chi connectivity index (χ4v) is 2.03. The highest BCUT2D eigenvalue weighted by atomic mass is 35.5. The standard InChI is InChI=1S/C14H19FN4O.2ClH/c1-9(8-16)14(20)17-6-5-13-18-11-7-10(15)3-4-12(11)19(13)2;;/h3-4,7,9H,5-6,8,16H2,1-2H3,(H,17,20);2*1H. The lowest BCUT2D eigenvalue weighted by Gasteiger charge is -2.09. The molecule has 3 N–H and O–H groups in total. The van der Waals surface area contributed by atoms with Crippen LogP contribution in [0.4, 0.5) is 4.39 Å². The molecule has 1 heterocycles. The zero-order valence-corrected chi connectivity index (χ0v) is 14.1. The van der Waals surface area contributed by atoms with Crippen LogP contribution < -0.4 is 11.1 Å². The Morgan fingerprint density at radius 3 is 2.77 bits per heavy atom. The van der Waals surface area contributed by atoms with E-state index in [1.165, 1.54) is 12.1 Å². The highest BCUT2D eigenvalue weighted by Crippen LogP contribution is 2.16. The third-order valence-corrected chi connectivity index (χ3v) is 3.38. The zero-order chi connectivity index (χ0) is 14.7. The van der Waals surface area contributed by atoms with Gasteiger partial charge in [-0.25, -0.2) is 9.37 Å². The highest BCUT2D eigenvalue weighted by Gasteiger charge is 2.11. The molecule has 0 bridgehead atoms. The van der Waals surface area contributed by atoms with Crippen molar-refractivity contribution in [2.24, 2.45) is 18.7 Å². The fourth-order valence-electron chi connectivity index (χ4n) is 2.03. The van der Waals surface area contributed by atoms with Gasteiger partial charge in [0.25, 0.3) is 0 Å². The summed E-state index contributed by atoms with van der Waals surface area (Å²) in [6.45, 7) is 2.60. The number of aryl methyl sites for hydroxylation is 1. The first-order valence-corrected chi connectivity index (χ1v) is 6.61. The molecule has 0 saturated carbocycles. The molecule has 0 spiro atoms. The van der Waals surface area contributed by atoms with Gasteiger partial charge in [0.15, 0.2) is 0 Å². The molecule has 1 unspecified atom stereocenters. The Labute approximate surface area is 141 Å². The molecule has 0 aliphatic carbocycles. The van der Waals surface area contributed by atoms with Crippen LogP contribution in [0.3, 0.4) is 0 Å². The number of hydrogen-bond donors (Lipinski definition) is 2. The summed E-state index contributed by atoms with van der Waals surface area (Å²) in [6, 6.07) is 4.53. The summed E-state index contributed by atoms with van der Waals surface area (Å²) >= 11 is 0. The number of rotatable bonds is 5. The summed E-state index contributed by atoms with van der Waals surface area (Å²) in [5, 5.41) is 2.82. The SMILES string of the molecule is CC(CN)C(=O)NCCc1nc2cc(F)ccc2n1C.Cl.Cl. The molecule has 1 atom stereocenters. The molecule has 0 aliphatic rings. The maximum atomic E-state index is 13.1. The number of halogens is 3. The smallest absolute Gasteiger partial charge is 0.224 e. The van der Waals surface area contributed by atoms with Gasteiger partial charge in [-0.05, 0) is 12.1 Å². The van der Waals surface area contributed by atoms with Crippen molar-refractivity contribution in [3.05, 3.63) is 29.8 Å². The minimum Gasteiger partial charge on any atom is -0.355 e. The monoisotopic (exact) mass is 350 g/mol. The van der Waals surface area contributed by atoms with Crippen LogP contribution in [0.15, 0.2) is 18.2 Å². The van der Waals surface area contributed by atoms with E-state index in [0.29, 0.717) is 25.0 Å². The molecule has 1 amide bonds. The van der Waals surface area contributed by atoms with Gasteiger partial charge in [0, 0.05) is 38.5 Å². The number of fused-ring (bicyclic) bond motifs is 1. The second-order valence-electron chi connectivity index (χ2n) is 4.90. The summed E-state index contributed by atoms with van der Waals surface area (Å²) in [4.78, 5) is 16.0. The third-order valence-electron chi connectivity index (χ3n) is 3.38. The molecule has 0 fully saturated rings. The quantitative estimate of drug-likeness (QED) is 0.863. The van der Waals surface area contributed by atoms with Crippen molar-refractivity contribution >= 4 is 41.8 Å². The van der Waals surface area contributed by atoms with Crippen LogP contribution in [0.1, 0.15) is 12.7 Å². The molecule has 0 aliphatic heterocycles. The number of nitrogens with one attached hydrogen (secondary N) is 1. The lowest BCUT2D eigenvalue weighted by atomic mass is 10.2. The fraction of sp³-hybridized carbons (Fsp3) is 0.429. The Hall–Kier alpha value is -1.37. The Bertz CT molecular complexity index is 633. The number of carbonyl (C=O) groups excluding carboxylic acids is 1. The molecule has 0 saturated heterocycles. The Morgan fingerprint density at radius 1 is 1.45 bits per heavy atom. The van der Waals surface area contributed by atoms with Gasteiger partial charge in [0.1, 0.15) is 11.6 Å². The van der Waals surface area contributed by atoms with E-state index < -0.39 is 0 Å². The first-order chi connectivity index (χ1) is 9.52. The van der Waals surface area contributed by atoms with Crippen molar-refractivity contribution in [2.45, 2.75) is 13.3 Å². The average Bonchev–Trinajstić information content (AvgIpc) is 2.73. The topological polar surface area (TPSA) is 72.9 Å². The van der Waals surface area contributed by atoms with Crippen LogP contribution >= 0.6 is 24.8 Å². The molecular formula is C14H21Cl2FN4O. The summed E-state index contributed by atoms with van der Waals surface area (Å²) in [5.41, 5.74) is 6.94. The van der Waals surface area contributed by atoms with E-state index in [2.05, 4.69) is 10.3 Å². The van der Waals surface area contributed by atoms with E-state index in [4.69, 9.17) is 5.73 Å². The largest absolute Gasteiger partial charge is 0.355 e. The van der Waals surface area contributed by atoms with Crippen LogP contribution in [0, 0.1) is 11.7 Å². The molecule has 1 aromatic heterocycles. The second-order valence-corrected chi connectivity index (χ2v) is 4.90. The number of imidazole rings is 1. The van der Waals surface area contributed by atoms with E-state index in [1.54, 1.807) is 13.0 Å². The number of aromatic nitrogens is 2. The molecule has 2 rings (SSSR count). The van der Waals surface area contributed by atoms with Gasteiger partial charge in [0.05, 0.1) is 11.0 Å². The third kappa shape index (κ3) is 4.56. The van der Waals surface area contributed by atoms with E-state index in [0.717, 1.165) is 11.3 Å². The molecule has 5 nitrogen and oxygen atoms in total. The van der Waals surface area contributed by atoms with Crippen LogP contribution in [0.5, 0.6) is 0 Å². The number of hydrogen-bond acceptors (Lipinski definition) is 3. The highest BCUT2D eigenvalue weighted by molar-refractivity contribution is 5.85. The average molecular weight is 351 g/mol. The Balaban J connectivity index is 0.00000220. The number of benzene rings is 1. The predicted octanol–water partition coefficient (Wildman–Crippen LogP) is 1.81. The van der Waals surface area contributed by atoms with Crippen LogP contribution in [0.25, 0.3) is 11.0 Å². The van der Waals surface area contributed by atoms with E-state index in [9.17, 15) is 9.18 Å². The van der Waals surface area contributed by atoms with Gasteiger partial charge >= 0.3 is 0 Å². The van der Waals surface area contributed by atoms with Crippen molar-refractivity contribution < 1.29 is 9.18 Å². The van der Waals surface area contributed by atoms with Gasteiger partial charge < -0.3 is 15.6 Å². The van der Waals surface area contributed by atoms with E-state index >= 15 is 0 Å². The van der Waals surface area contributed by atoms with Crippen molar-refractivity contribution in [2.75, 3.05) is 13.1 Å². The lowest BCUT2D eigenvalue weighted by Crippen LogP contribution is -2.34. The second kappa shape index (κ2) is 8.92. The maximum Gasteiger partial charge on any atom is 0.224 e. The predicted molar refractivity (Wildman–Crippen MR) is 90.1 cm³/mol. The van der Waals surface area contributed by atoms with Crippen LogP contribution in [-0.2, 0) is 18.3 Å². The number of nitrogens with zero attached hydrogens (tertiary/aromatic N) is 2. The minimum atomic E-state index is -0.299. The van der Waals surface area contributed by atoms with Gasteiger partial charge in [-0.2, -0.15) is 0 Å². The number of nitrogens with two attached hydrogens (primary N) is 1. The minimum absolute atomic E-state index is 0. The van der Waals surface area contributed by atoms with E-state index in [-0.39, 0.29) is 42.5 Å². The number of carbonyl (C=O) groups is 1. The zero-order valence-electron chi connectivity index (χ0n) is 12.5. The van der Waals surface area contributed by atoms with Gasteiger partial charge in [-0.3, -0.25) is 4.79 Å². The van der Waals surface area contributed by atoms with Crippen molar-refractivity contribution in [1.82, 2.24) is 14.9 Å². The molecule has 1 aromatic carbocycles. The molecule has 124 valence electrons. The summed E-state index contributed by atoms with van der Waals surface area (Å²) in [7, 11) is 1.88. The molecule has 2 aromatic rings. The molecule has 8 heteroatoms. The molecule has 0 radical (unpaired) electrons. The Kier molecular flexibility index (Phi) is 8.37. The van der Waals surface area contributed by atoms with Crippen molar-refractivity contribution in [3.63, 3.8) is 0 Å². The van der Waals surface area contributed by atoms with Gasteiger partial charge in [-0.1, -0.05) is 6.92 Å². The van der Waals surface area contributed by atoms with E-state index in [1.807, 2.05) is 11.6 Å². The van der Waals surface area contributed by atoms with Crippen LogP contribution in [-0.4, -0.2) is 28.5 Å². The lowest BCUT2D eigenvalue weighted by molar-refractivity contribution is -0.124. The van der Waals surface area contributed by atoms with Crippen LogP contribution in [0.2, 0.25) is 0 Å². The maximum absolute atomic E-state index is 13.1. The number of amides is 1. The molecule has 22 heavy (non-hydrogen) atoms. The summed E-state index contributed by atoms with van der Waals surface area (Å²) in [6.07, 6.45) is 0.593. The summed E-state index contributed by atoms with van der Waals surface area (Å²) in [5.74, 6) is 0.264. The first kappa shape index (κ1) is 20.6. The first-order valence-electron chi connectivity index (χ1n) is 6.61. The molecular weight excluding hydrogens is 330 g/mol. The van der Waals surface area contributed by atoms with Crippen molar-refractivity contribution in [3.8, 4) is 0 Å². The van der Waals surface area contributed by atoms with Gasteiger partial charge in [0.2, 0.25) is 5.91 Å². The van der Waals surface area contributed by atoms with Crippen molar-refractivity contribution in [1.29, 1.82) is 0 Å². The van der Waals surface area contributed by atoms with Gasteiger partial charge in [-0.15, -0.1) is 24.8 Å². The Morgan fingerprint density at radius 2 is 2.14 bits per heavy atom. The summed E-state index contributed by atoms with van der Waals surface area (Å²) < 4.78 is 15.1.